The second-order valence-electron chi connectivity index (χ2n) is 7.07. The molecule has 0 aliphatic heterocycles. The molecule has 152 valence electrons. The molecule has 0 aliphatic carbocycles. The fraction of sp³-hybridized carbons (Fsp3) is 0.421. The van der Waals surface area contributed by atoms with Crippen molar-refractivity contribution in [3.63, 3.8) is 0 Å². The lowest BCUT2D eigenvalue weighted by Gasteiger charge is -2.22. The highest BCUT2D eigenvalue weighted by Crippen LogP contribution is 2.13. The van der Waals surface area contributed by atoms with Crippen LogP contribution in [0.15, 0.2) is 30.7 Å². The van der Waals surface area contributed by atoms with Gasteiger partial charge >= 0.3 is 11.9 Å². The fourth-order valence-corrected chi connectivity index (χ4v) is 2.94. The molecule has 7 nitrogen and oxygen atoms in total. The van der Waals surface area contributed by atoms with E-state index in [0.29, 0.717) is 11.3 Å². The van der Waals surface area contributed by atoms with Crippen molar-refractivity contribution in [2.75, 3.05) is 0 Å². The van der Waals surface area contributed by atoms with E-state index in [1.807, 2.05) is 13.8 Å². The lowest BCUT2D eigenvalue weighted by atomic mass is 10.0. The maximum absolute atomic E-state index is 13.4. The van der Waals surface area contributed by atoms with Gasteiger partial charge in [0.1, 0.15) is 23.7 Å². The minimum Gasteiger partial charge on any atom is -0.480 e. The molecule has 0 bridgehead atoms. The van der Waals surface area contributed by atoms with Gasteiger partial charge in [0.05, 0.1) is 6.33 Å². The van der Waals surface area contributed by atoms with Crippen LogP contribution in [0.5, 0.6) is 0 Å². The number of imidazole rings is 1. The third-order valence-electron chi connectivity index (χ3n) is 4.19. The van der Waals surface area contributed by atoms with Gasteiger partial charge in [0.15, 0.2) is 0 Å². The first kappa shape index (κ1) is 21.5. The zero-order valence-corrected chi connectivity index (χ0v) is 15.6. The fourth-order valence-electron chi connectivity index (χ4n) is 2.94. The van der Waals surface area contributed by atoms with E-state index in [2.05, 4.69) is 10.3 Å². The minimum absolute atomic E-state index is 0.0327. The van der Waals surface area contributed by atoms with Gasteiger partial charge in [-0.2, -0.15) is 0 Å². The molecule has 2 rings (SSSR count). The van der Waals surface area contributed by atoms with Crippen LogP contribution in [0.4, 0.5) is 8.78 Å². The van der Waals surface area contributed by atoms with E-state index in [9.17, 15) is 28.6 Å². The first-order valence-corrected chi connectivity index (χ1v) is 8.81. The maximum Gasteiger partial charge on any atom is 0.321 e. The number of hydrogen-bond donors (Lipinski definition) is 3. The molecule has 0 spiro atoms. The molecule has 9 heteroatoms. The number of halogens is 2. The van der Waals surface area contributed by atoms with Crippen molar-refractivity contribution in [1.29, 1.82) is 0 Å². The molecule has 0 amide bonds. The quantitative estimate of drug-likeness (QED) is 0.570. The smallest absolute Gasteiger partial charge is 0.321 e. The summed E-state index contributed by atoms with van der Waals surface area (Å²) in [7, 11) is 0. The summed E-state index contributed by atoms with van der Waals surface area (Å²) in [6.07, 6.45) is 3.13. The number of aromatic nitrogens is 2. The number of rotatable bonds is 10. The van der Waals surface area contributed by atoms with Crippen molar-refractivity contribution in [2.24, 2.45) is 5.92 Å². The normalized spacial score (nSPS) is 13.5. The summed E-state index contributed by atoms with van der Waals surface area (Å²) in [5, 5.41) is 21.5. The van der Waals surface area contributed by atoms with Gasteiger partial charge in [-0.25, -0.2) is 13.8 Å². The monoisotopic (exact) mass is 395 g/mol. The van der Waals surface area contributed by atoms with Gasteiger partial charge in [-0.3, -0.25) is 14.9 Å². The Morgan fingerprint density at radius 1 is 1.11 bits per heavy atom. The molecule has 0 aliphatic rings. The van der Waals surface area contributed by atoms with Crippen molar-refractivity contribution in [1.82, 2.24) is 14.9 Å². The Morgan fingerprint density at radius 3 is 2.25 bits per heavy atom. The number of carbonyl (C=O) groups is 2. The summed E-state index contributed by atoms with van der Waals surface area (Å²) in [5.74, 6) is -3.67. The third kappa shape index (κ3) is 6.12. The van der Waals surface area contributed by atoms with Crippen molar-refractivity contribution >= 4 is 11.9 Å². The zero-order valence-electron chi connectivity index (χ0n) is 15.6. The number of nitrogens with one attached hydrogen (secondary N) is 1. The van der Waals surface area contributed by atoms with Crippen molar-refractivity contribution < 1.29 is 28.6 Å². The highest BCUT2D eigenvalue weighted by atomic mass is 19.1. The molecule has 1 aromatic heterocycles. The van der Waals surface area contributed by atoms with Crippen molar-refractivity contribution in [3.05, 3.63) is 53.6 Å². The Kier molecular flexibility index (Phi) is 7.22. The number of aliphatic carboxylic acids is 2. The first-order chi connectivity index (χ1) is 13.2. The third-order valence-corrected chi connectivity index (χ3v) is 4.19. The highest BCUT2D eigenvalue weighted by Gasteiger charge is 2.27. The lowest BCUT2D eigenvalue weighted by Crippen LogP contribution is -2.49. The molecule has 0 saturated heterocycles. The van der Waals surface area contributed by atoms with Crippen LogP contribution >= 0.6 is 0 Å². The predicted octanol–water partition coefficient (Wildman–Crippen LogP) is 2.29. The molecular weight excluding hydrogens is 372 g/mol. The molecule has 2 atom stereocenters. The second kappa shape index (κ2) is 9.41. The van der Waals surface area contributed by atoms with Gasteiger partial charge < -0.3 is 14.8 Å². The van der Waals surface area contributed by atoms with Gasteiger partial charge in [-0.05, 0) is 30.0 Å². The van der Waals surface area contributed by atoms with E-state index in [1.165, 1.54) is 24.7 Å². The summed E-state index contributed by atoms with van der Waals surface area (Å²) in [5.41, 5.74) is 0.859. The number of carboxylic acids is 2. The lowest BCUT2D eigenvalue weighted by molar-refractivity contribution is -0.142. The van der Waals surface area contributed by atoms with E-state index < -0.39 is 35.7 Å². The molecule has 1 heterocycles. The van der Waals surface area contributed by atoms with Crippen LogP contribution in [-0.2, 0) is 22.6 Å². The number of benzene rings is 1. The highest BCUT2D eigenvalue weighted by molar-refractivity contribution is 5.77. The van der Waals surface area contributed by atoms with Gasteiger partial charge in [-0.1, -0.05) is 13.8 Å². The Morgan fingerprint density at radius 2 is 1.71 bits per heavy atom. The average molecular weight is 395 g/mol. The average Bonchev–Trinajstić information content (AvgIpc) is 2.98. The summed E-state index contributed by atoms with van der Waals surface area (Å²) in [6, 6.07) is 0.976. The maximum atomic E-state index is 13.4. The summed E-state index contributed by atoms with van der Waals surface area (Å²) < 4.78 is 28.3. The number of carboxylic acid groups (broad SMARTS) is 2. The first-order valence-electron chi connectivity index (χ1n) is 8.81. The molecule has 3 N–H and O–H groups in total. The molecule has 0 radical (unpaired) electrons. The Labute approximate surface area is 161 Å². The van der Waals surface area contributed by atoms with E-state index in [0.717, 1.165) is 6.07 Å². The van der Waals surface area contributed by atoms with Gasteiger partial charge in [0.25, 0.3) is 0 Å². The zero-order chi connectivity index (χ0) is 20.8. The van der Waals surface area contributed by atoms with Gasteiger partial charge in [0, 0.05) is 30.9 Å². The van der Waals surface area contributed by atoms with Gasteiger partial charge in [0.2, 0.25) is 0 Å². The van der Waals surface area contributed by atoms with Gasteiger partial charge in [-0.15, -0.1) is 0 Å². The summed E-state index contributed by atoms with van der Waals surface area (Å²) in [4.78, 5) is 27.0. The summed E-state index contributed by atoms with van der Waals surface area (Å²) in [6.45, 7) is 3.80. The van der Waals surface area contributed by atoms with E-state index in [4.69, 9.17) is 0 Å². The largest absolute Gasteiger partial charge is 0.480 e. The second-order valence-corrected chi connectivity index (χ2v) is 7.07. The van der Waals surface area contributed by atoms with Crippen molar-refractivity contribution in [3.8, 4) is 0 Å². The summed E-state index contributed by atoms with van der Waals surface area (Å²) >= 11 is 0. The predicted molar refractivity (Wildman–Crippen MR) is 96.8 cm³/mol. The van der Waals surface area contributed by atoms with Crippen LogP contribution < -0.4 is 5.32 Å². The molecule has 2 unspecified atom stereocenters. The van der Waals surface area contributed by atoms with Crippen LogP contribution in [-0.4, -0.2) is 43.8 Å². The molecule has 0 fully saturated rings. The molecule has 2 aromatic rings. The molecular formula is C19H23F2N3O4. The number of hydrogen-bond acceptors (Lipinski definition) is 4. The number of nitrogens with zero attached hydrogens (tertiary/aromatic N) is 2. The van der Waals surface area contributed by atoms with Crippen LogP contribution in [0.1, 0.15) is 31.5 Å². The van der Waals surface area contributed by atoms with Crippen molar-refractivity contribution in [2.45, 2.75) is 45.3 Å². The van der Waals surface area contributed by atoms with Crippen LogP contribution in [0.25, 0.3) is 0 Å². The Balaban J connectivity index is 2.17. The van der Waals surface area contributed by atoms with E-state index >= 15 is 0 Å². The van der Waals surface area contributed by atoms with Crippen LogP contribution in [0.3, 0.4) is 0 Å². The van der Waals surface area contributed by atoms with E-state index in [1.54, 1.807) is 4.57 Å². The van der Waals surface area contributed by atoms with Crippen LogP contribution in [0, 0.1) is 17.6 Å². The molecule has 28 heavy (non-hydrogen) atoms. The molecule has 1 aromatic carbocycles. The topological polar surface area (TPSA) is 104 Å². The SMILES string of the molecule is CC(C)CC(NC(Cc1cncn1Cc1cc(F)cc(F)c1)C(=O)O)C(=O)O. The minimum atomic E-state index is -1.19. The van der Waals surface area contributed by atoms with Crippen LogP contribution in [0.2, 0.25) is 0 Å². The Hall–Kier alpha value is -2.81. The standard InChI is InChI=1S/C19H23F2N3O4/c1-11(2)3-16(18(25)26)23-17(19(27)28)7-15-8-22-10-24(15)9-12-4-13(20)6-14(21)5-12/h4-6,8,10-11,16-17,23H,3,7,9H2,1-2H3,(H,25,26)(H,27,28). The Bertz CT molecular complexity index is 818. The van der Waals surface area contributed by atoms with E-state index in [-0.39, 0.29) is 25.3 Å². The molecule has 0 saturated carbocycles.